The zero-order valence-corrected chi connectivity index (χ0v) is 9.50. The van der Waals surface area contributed by atoms with Gasteiger partial charge in [-0.1, -0.05) is 0 Å². The molecule has 1 N–H and O–H groups in total. The SMILES string of the molecule is COC(=O)c1ccc(NCCSC)nn1. The predicted octanol–water partition coefficient (Wildman–Crippen LogP) is 1.04. The van der Waals surface area contributed by atoms with Gasteiger partial charge in [0.05, 0.1) is 7.11 Å². The third kappa shape index (κ3) is 3.75. The topological polar surface area (TPSA) is 64.1 Å². The maximum absolute atomic E-state index is 11.0. The fraction of sp³-hybridized carbons (Fsp3) is 0.444. The molecular weight excluding hydrogens is 214 g/mol. The van der Waals surface area contributed by atoms with Gasteiger partial charge < -0.3 is 10.1 Å². The first kappa shape index (κ1) is 11.8. The molecule has 0 radical (unpaired) electrons. The van der Waals surface area contributed by atoms with Crippen molar-refractivity contribution in [1.29, 1.82) is 0 Å². The van der Waals surface area contributed by atoms with Gasteiger partial charge in [0.2, 0.25) is 0 Å². The lowest BCUT2D eigenvalue weighted by Gasteiger charge is -2.03. The number of methoxy groups -OCH3 is 1. The smallest absolute Gasteiger partial charge is 0.358 e. The Morgan fingerprint density at radius 1 is 1.53 bits per heavy atom. The van der Waals surface area contributed by atoms with E-state index in [1.54, 1.807) is 23.9 Å². The van der Waals surface area contributed by atoms with Gasteiger partial charge in [-0.2, -0.15) is 11.8 Å². The van der Waals surface area contributed by atoms with Crippen molar-refractivity contribution in [3.8, 4) is 0 Å². The number of ether oxygens (including phenoxy) is 1. The summed E-state index contributed by atoms with van der Waals surface area (Å²) >= 11 is 1.75. The van der Waals surface area contributed by atoms with E-state index in [0.29, 0.717) is 5.82 Å². The number of aromatic nitrogens is 2. The lowest BCUT2D eigenvalue weighted by atomic mass is 10.4. The third-order valence-electron chi connectivity index (χ3n) is 1.67. The van der Waals surface area contributed by atoms with E-state index in [0.717, 1.165) is 12.3 Å². The summed E-state index contributed by atoms with van der Waals surface area (Å²) in [4.78, 5) is 11.0. The Bertz CT molecular complexity index is 316. The average molecular weight is 227 g/mol. The third-order valence-corrected chi connectivity index (χ3v) is 2.28. The molecule has 0 fully saturated rings. The van der Waals surface area contributed by atoms with Crippen molar-refractivity contribution in [2.75, 3.05) is 31.0 Å². The number of esters is 1. The molecule has 0 saturated heterocycles. The van der Waals surface area contributed by atoms with Crippen LogP contribution >= 0.6 is 11.8 Å². The van der Waals surface area contributed by atoms with Crippen LogP contribution < -0.4 is 5.32 Å². The Balaban J connectivity index is 2.52. The highest BCUT2D eigenvalue weighted by Crippen LogP contribution is 2.03. The Morgan fingerprint density at radius 2 is 2.33 bits per heavy atom. The van der Waals surface area contributed by atoms with E-state index >= 15 is 0 Å². The highest BCUT2D eigenvalue weighted by molar-refractivity contribution is 7.98. The quantitative estimate of drug-likeness (QED) is 0.599. The van der Waals surface area contributed by atoms with Crippen LogP contribution in [0.5, 0.6) is 0 Å². The van der Waals surface area contributed by atoms with Crippen LogP contribution in [-0.2, 0) is 4.74 Å². The molecule has 6 heteroatoms. The molecule has 0 aromatic carbocycles. The van der Waals surface area contributed by atoms with E-state index < -0.39 is 5.97 Å². The second-order valence-electron chi connectivity index (χ2n) is 2.71. The number of nitrogens with zero attached hydrogens (tertiary/aromatic N) is 2. The van der Waals surface area contributed by atoms with Crippen molar-refractivity contribution in [2.24, 2.45) is 0 Å². The minimum absolute atomic E-state index is 0.216. The van der Waals surface area contributed by atoms with Crippen LogP contribution in [0.4, 0.5) is 5.82 Å². The average Bonchev–Trinajstić information content (AvgIpc) is 2.29. The van der Waals surface area contributed by atoms with Crippen LogP contribution in [0.15, 0.2) is 12.1 Å². The summed E-state index contributed by atoms with van der Waals surface area (Å²) in [6, 6.07) is 3.29. The van der Waals surface area contributed by atoms with E-state index in [-0.39, 0.29) is 5.69 Å². The summed E-state index contributed by atoms with van der Waals surface area (Å²) < 4.78 is 4.51. The van der Waals surface area contributed by atoms with E-state index in [4.69, 9.17) is 0 Å². The molecule has 0 aliphatic rings. The van der Waals surface area contributed by atoms with Crippen LogP contribution in [0.2, 0.25) is 0 Å². The molecule has 1 rings (SSSR count). The molecule has 5 nitrogen and oxygen atoms in total. The van der Waals surface area contributed by atoms with Gasteiger partial charge >= 0.3 is 5.97 Å². The van der Waals surface area contributed by atoms with Crippen LogP contribution in [0, 0.1) is 0 Å². The first-order valence-electron chi connectivity index (χ1n) is 4.42. The van der Waals surface area contributed by atoms with Gasteiger partial charge in [0, 0.05) is 12.3 Å². The number of carbonyl (C=O) groups is 1. The zero-order chi connectivity index (χ0) is 11.1. The molecule has 0 aliphatic heterocycles. The van der Waals surface area contributed by atoms with Crippen molar-refractivity contribution in [1.82, 2.24) is 10.2 Å². The number of hydrogen-bond acceptors (Lipinski definition) is 6. The van der Waals surface area contributed by atoms with E-state index in [2.05, 4.69) is 20.3 Å². The number of hydrogen-bond donors (Lipinski definition) is 1. The second-order valence-corrected chi connectivity index (χ2v) is 3.70. The lowest BCUT2D eigenvalue weighted by Crippen LogP contribution is -2.09. The number of anilines is 1. The summed E-state index contributed by atoms with van der Waals surface area (Å²) in [6.07, 6.45) is 2.04. The molecule has 0 atom stereocenters. The highest BCUT2D eigenvalue weighted by Gasteiger charge is 2.06. The number of thioether (sulfide) groups is 1. The fourth-order valence-corrected chi connectivity index (χ4v) is 1.23. The summed E-state index contributed by atoms with van der Waals surface area (Å²) in [6.45, 7) is 0.827. The van der Waals surface area contributed by atoms with Gasteiger partial charge in [-0.05, 0) is 18.4 Å². The maximum atomic E-state index is 11.0. The summed E-state index contributed by atoms with van der Waals surface area (Å²) in [5, 5.41) is 10.7. The van der Waals surface area contributed by atoms with Crippen LogP contribution in [0.1, 0.15) is 10.5 Å². The molecule has 1 aromatic heterocycles. The highest BCUT2D eigenvalue weighted by atomic mass is 32.2. The van der Waals surface area contributed by atoms with Gasteiger partial charge in [-0.15, -0.1) is 10.2 Å². The Hall–Kier alpha value is -1.30. The number of carbonyl (C=O) groups excluding carboxylic acids is 1. The molecule has 0 amide bonds. The molecule has 0 bridgehead atoms. The number of nitrogens with one attached hydrogen (secondary N) is 1. The fourth-order valence-electron chi connectivity index (χ4n) is 0.921. The maximum Gasteiger partial charge on any atom is 0.358 e. The van der Waals surface area contributed by atoms with Crippen molar-refractivity contribution in [3.63, 3.8) is 0 Å². The molecule has 1 aromatic rings. The zero-order valence-electron chi connectivity index (χ0n) is 8.69. The summed E-state index contributed by atoms with van der Waals surface area (Å²) in [7, 11) is 1.31. The van der Waals surface area contributed by atoms with Crippen LogP contribution in [0.3, 0.4) is 0 Å². The van der Waals surface area contributed by atoms with Crippen molar-refractivity contribution in [3.05, 3.63) is 17.8 Å². The largest absolute Gasteiger partial charge is 0.464 e. The summed E-state index contributed by atoms with van der Waals surface area (Å²) in [5.41, 5.74) is 0.216. The standard InChI is InChI=1S/C9H13N3O2S/c1-14-9(13)7-3-4-8(12-11-7)10-5-6-15-2/h3-4H,5-6H2,1-2H3,(H,10,12). The first-order valence-corrected chi connectivity index (χ1v) is 5.82. The van der Waals surface area contributed by atoms with E-state index in [1.807, 2.05) is 6.26 Å². The Kier molecular flexibility index (Phi) is 4.89. The first-order chi connectivity index (χ1) is 7.27. The van der Waals surface area contributed by atoms with Gasteiger partial charge in [-0.3, -0.25) is 0 Å². The van der Waals surface area contributed by atoms with Crippen molar-refractivity contribution >= 4 is 23.5 Å². The molecule has 1 heterocycles. The molecule has 82 valence electrons. The van der Waals surface area contributed by atoms with Crippen LogP contribution in [0.25, 0.3) is 0 Å². The van der Waals surface area contributed by atoms with Gasteiger partial charge in [-0.25, -0.2) is 4.79 Å². The Labute approximate surface area is 92.6 Å². The van der Waals surface area contributed by atoms with E-state index in [1.165, 1.54) is 7.11 Å². The molecule has 15 heavy (non-hydrogen) atoms. The molecular formula is C9H13N3O2S. The van der Waals surface area contributed by atoms with Gasteiger partial charge in [0.15, 0.2) is 5.69 Å². The lowest BCUT2D eigenvalue weighted by molar-refractivity contribution is 0.0593. The predicted molar refractivity (Wildman–Crippen MR) is 60.2 cm³/mol. The summed E-state index contributed by atoms with van der Waals surface area (Å²) in [5.74, 6) is 1.19. The van der Waals surface area contributed by atoms with Crippen LogP contribution in [-0.4, -0.2) is 41.8 Å². The molecule has 0 unspecified atom stereocenters. The van der Waals surface area contributed by atoms with E-state index in [9.17, 15) is 4.79 Å². The van der Waals surface area contributed by atoms with Gasteiger partial charge in [0.25, 0.3) is 0 Å². The van der Waals surface area contributed by atoms with Crippen molar-refractivity contribution in [2.45, 2.75) is 0 Å². The van der Waals surface area contributed by atoms with Crippen molar-refractivity contribution < 1.29 is 9.53 Å². The van der Waals surface area contributed by atoms with Gasteiger partial charge in [0.1, 0.15) is 5.82 Å². The normalized spacial score (nSPS) is 9.73. The molecule has 0 saturated carbocycles. The molecule has 0 spiro atoms. The molecule has 0 aliphatic carbocycles. The monoisotopic (exact) mass is 227 g/mol. The minimum Gasteiger partial charge on any atom is -0.464 e. The minimum atomic E-state index is -0.474. The Morgan fingerprint density at radius 3 is 2.87 bits per heavy atom. The number of rotatable bonds is 5. The second kappa shape index (κ2) is 6.23.